The molecule has 3 amide bonds. The van der Waals surface area contributed by atoms with Crippen LogP contribution in [0.15, 0.2) is 42.5 Å². The van der Waals surface area contributed by atoms with E-state index in [4.69, 9.17) is 0 Å². The van der Waals surface area contributed by atoms with Gasteiger partial charge in [-0.05, 0) is 69.5 Å². The van der Waals surface area contributed by atoms with Crippen LogP contribution < -0.4 is 10.2 Å². The normalized spacial score (nSPS) is 16.4. The molecule has 2 aliphatic rings. The quantitative estimate of drug-likeness (QED) is 0.584. The van der Waals surface area contributed by atoms with Crippen LogP contribution in [0.1, 0.15) is 66.7 Å². The number of rotatable bonds is 7. The van der Waals surface area contributed by atoms with Crippen LogP contribution in [0, 0.1) is 11.7 Å². The third kappa shape index (κ3) is 6.29. The second kappa shape index (κ2) is 12.2. The summed E-state index contributed by atoms with van der Waals surface area (Å²) in [5.74, 6) is -0.599. The maximum absolute atomic E-state index is 13.6. The van der Waals surface area contributed by atoms with E-state index < -0.39 is 11.7 Å². The van der Waals surface area contributed by atoms with Crippen LogP contribution in [-0.2, 0) is 4.79 Å². The van der Waals surface area contributed by atoms with Crippen molar-refractivity contribution in [2.24, 2.45) is 5.92 Å². The van der Waals surface area contributed by atoms with Crippen molar-refractivity contribution >= 4 is 29.1 Å². The van der Waals surface area contributed by atoms with Crippen LogP contribution in [0.4, 0.5) is 15.8 Å². The maximum atomic E-state index is 13.6. The molecule has 7 nitrogen and oxygen atoms in total. The van der Waals surface area contributed by atoms with Crippen molar-refractivity contribution in [1.82, 2.24) is 9.80 Å². The number of carbonyl (C=O) groups is 3. The van der Waals surface area contributed by atoms with Crippen LogP contribution in [-0.4, -0.2) is 66.8 Å². The summed E-state index contributed by atoms with van der Waals surface area (Å²) in [7, 11) is 0. The zero-order valence-corrected chi connectivity index (χ0v) is 21.8. The van der Waals surface area contributed by atoms with E-state index in [9.17, 15) is 18.8 Å². The van der Waals surface area contributed by atoms with Crippen molar-refractivity contribution in [2.45, 2.75) is 46.0 Å². The van der Waals surface area contributed by atoms with Crippen molar-refractivity contribution < 1.29 is 18.8 Å². The topological polar surface area (TPSA) is 73.0 Å². The standard InChI is InChI=1S/C29H37FN4O3/c1-3-32(4-2)29(37)25-20-24(31-27(35)22-11-7-12-23(30)19-22)13-14-26(25)33-15-8-16-34(18-17-33)28(36)21-9-5-6-10-21/h7,11-14,19-21H,3-6,8-10,15-18H2,1-2H3,(H,31,35). The first-order valence-corrected chi connectivity index (χ1v) is 13.4. The molecule has 0 aromatic heterocycles. The third-order valence-electron chi connectivity index (χ3n) is 7.47. The number of hydrogen-bond acceptors (Lipinski definition) is 4. The van der Waals surface area contributed by atoms with E-state index in [0.717, 1.165) is 50.9 Å². The minimum atomic E-state index is -0.484. The van der Waals surface area contributed by atoms with Crippen LogP contribution in [0.3, 0.4) is 0 Å². The molecular formula is C29H37FN4O3. The fourth-order valence-electron chi connectivity index (χ4n) is 5.38. The summed E-state index contributed by atoms with van der Waals surface area (Å²) in [6, 6.07) is 10.9. The van der Waals surface area contributed by atoms with Crippen molar-refractivity contribution in [2.75, 3.05) is 49.5 Å². The lowest BCUT2D eigenvalue weighted by molar-refractivity contribution is -0.135. The molecule has 0 bridgehead atoms. The Morgan fingerprint density at radius 2 is 1.70 bits per heavy atom. The van der Waals surface area contributed by atoms with Crippen LogP contribution in [0.25, 0.3) is 0 Å². The number of anilines is 2. The predicted octanol–water partition coefficient (Wildman–Crippen LogP) is 4.79. The van der Waals surface area contributed by atoms with Gasteiger partial charge in [0.1, 0.15) is 5.82 Å². The zero-order valence-electron chi connectivity index (χ0n) is 21.8. The van der Waals surface area contributed by atoms with E-state index in [0.29, 0.717) is 37.4 Å². The van der Waals surface area contributed by atoms with Gasteiger partial charge in [-0.2, -0.15) is 0 Å². The van der Waals surface area contributed by atoms with Crippen LogP contribution >= 0.6 is 0 Å². The van der Waals surface area contributed by atoms with Crippen molar-refractivity contribution in [1.29, 1.82) is 0 Å². The lowest BCUT2D eigenvalue weighted by Gasteiger charge is -2.28. The molecule has 4 rings (SSSR count). The summed E-state index contributed by atoms with van der Waals surface area (Å²) in [6.07, 6.45) is 5.08. The minimum absolute atomic E-state index is 0.106. The fourth-order valence-corrected chi connectivity index (χ4v) is 5.38. The zero-order chi connectivity index (χ0) is 26.4. The largest absolute Gasteiger partial charge is 0.369 e. The molecule has 1 saturated carbocycles. The Morgan fingerprint density at radius 3 is 2.41 bits per heavy atom. The van der Waals surface area contributed by atoms with Crippen LogP contribution in [0.5, 0.6) is 0 Å². The molecule has 0 atom stereocenters. The van der Waals surface area contributed by atoms with E-state index in [2.05, 4.69) is 10.2 Å². The van der Waals surface area contributed by atoms with Gasteiger partial charge < -0.3 is 20.0 Å². The summed E-state index contributed by atoms with van der Waals surface area (Å²) in [6.45, 7) is 7.76. The highest BCUT2D eigenvalue weighted by Gasteiger charge is 2.29. The SMILES string of the molecule is CCN(CC)C(=O)c1cc(NC(=O)c2cccc(F)c2)ccc1N1CCCN(C(=O)C2CCCC2)CC1. The average molecular weight is 509 g/mol. The van der Waals surface area contributed by atoms with Gasteiger partial charge in [0, 0.05) is 62.1 Å². The van der Waals surface area contributed by atoms with Gasteiger partial charge in [-0.3, -0.25) is 14.4 Å². The first kappa shape index (κ1) is 26.6. The number of halogens is 1. The second-order valence-electron chi connectivity index (χ2n) is 9.82. The van der Waals surface area contributed by atoms with Crippen LogP contribution in [0.2, 0.25) is 0 Å². The van der Waals surface area contributed by atoms with E-state index in [1.165, 1.54) is 18.2 Å². The minimum Gasteiger partial charge on any atom is -0.369 e. The summed E-state index contributed by atoms with van der Waals surface area (Å²) in [5, 5.41) is 2.80. The Kier molecular flexibility index (Phi) is 8.79. The van der Waals surface area contributed by atoms with Crippen molar-refractivity contribution in [3.63, 3.8) is 0 Å². The van der Waals surface area contributed by atoms with Crippen molar-refractivity contribution in [3.05, 3.63) is 59.4 Å². The molecule has 2 fully saturated rings. The predicted molar refractivity (Wildman–Crippen MR) is 143 cm³/mol. The Hall–Kier alpha value is -3.42. The van der Waals surface area contributed by atoms with Crippen molar-refractivity contribution in [3.8, 4) is 0 Å². The molecular weight excluding hydrogens is 471 g/mol. The highest BCUT2D eigenvalue weighted by molar-refractivity contribution is 6.06. The molecule has 1 N–H and O–H groups in total. The van der Waals surface area contributed by atoms with E-state index in [1.807, 2.05) is 24.8 Å². The Labute approximate surface area is 218 Å². The smallest absolute Gasteiger partial charge is 0.256 e. The molecule has 1 aliphatic heterocycles. The number of nitrogens with one attached hydrogen (secondary N) is 1. The molecule has 0 spiro atoms. The summed E-state index contributed by atoms with van der Waals surface area (Å²) < 4.78 is 13.6. The molecule has 2 aromatic rings. The molecule has 1 saturated heterocycles. The lowest BCUT2D eigenvalue weighted by atomic mass is 10.1. The second-order valence-corrected chi connectivity index (χ2v) is 9.82. The average Bonchev–Trinajstić information content (AvgIpc) is 3.34. The Bertz CT molecular complexity index is 1130. The van der Waals surface area contributed by atoms with Gasteiger partial charge in [0.15, 0.2) is 0 Å². The molecule has 1 aliphatic carbocycles. The highest BCUT2D eigenvalue weighted by atomic mass is 19.1. The Balaban J connectivity index is 1.56. The van der Waals surface area contributed by atoms with Gasteiger partial charge in [0.25, 0.3) is 11.8 Å². The first-order valence-electron chi connectivity index (χ1n) is 13.4. The summed E-state index contributed by atoms with van der Waals surface area (Å²) in [4.78, 5) is 45.2. The molecule has 37 heavy (non-hydrogen) atoms. The van der Waals surface area contributed by atoms with Gasteiger partial charge in [-0.1, -0.05) is 18.9 Å². The number of nitrogens with zero attached hydrogens (tertiary/aromatic N) is 3. The van der Waals surface area contributed by atoms with E-state index in [1.54, 1.807) is 23.1 Å². The number of carbonyl (C=O) groups excluding carboxylic acids is 3. The molecule has 0 unspecified atom stereocenters. The van der Waals surface area contributed by atoms with Gasteiger partial charge in [-0.15, -0.1) is 0 Å². The monoisotopic (exact) mass is 508 g/mol. The Morgan fingerprint density at radius 1 is 0.946 bits per heavy atom. The summed E-state index contributed by atoms with van der Waals surface area (Å²) >= 11 is 0. The first-order chi connectivity index (χ1) is 17.9. The molecule has 2 aromatic carbocycles. The van der Waals surface area contributed by atoms with E-state index >= 15 is 0 Å². The molecule has 0 radical (unpaired) electrons. The number of benzene rings is 2. The lowest BCUT2D eigenvalue weighted by Crippen LogP contribution is -2.38. The van der Waals surface area contributed by atoms with E-state index in [-0.39, 0.29) is 23.3 Å². The van der Waals surface area contributed by atoms with Gasteiger partial charge >= 0.3 is 0 Å². The van der Waals surface area contributed by atoms with Gasteiger partial charge in [0.05, 0.1) is 5.56 Å². The summed E-state index contributed by atoms with van der Waals surface area (Å²) in [5.41, 5.74) is 1.99. The third-order valence-corrected chi connectivity index (χ3v) is 7.47. The number of hydrogen-bond donors (Lipinski definition) is 1. The molecule has 1 heterocycles. The molecule has 8 heteroatoms. The molecule has 198 valence electrons. The van der Waals surface area contributed by atoms with Gasteiger partial charge in [-0.25, -0.2) is 4.39 Å². The maximum Gasteiger partial charge on any atom is 0.256 e. The highest BCUT2D eigenvalue weighted by Crippen LogP contribution is 2.30. The van der Waals surface area contributed by atoms with Gasteiger partial charge in [0.2, 0.25) is 5.91 Å². The number of amides is 3. The fraction of sp³-hybridized carbons (Fsp3) is 0.483.